The molecule has 0 aromatic carbocycles. The number of anilines is 1. The van der Waals surface area contributed by atoms with Gasteiger partial charge in [0.25, 0.3) is 0 Å². The van der Waals surface area contributed by atoms with Gasteiger partial charge in [-0.05, 0) is 25.7 Å². The van der Waals surface area contributed by atoms with Crippen molar-refractivity contribution in [1.82, 2.24) is 24.2 Å². The van der Waals surface area contributed by atoms with Gasteiger partial charge in [-0.25, -0.2) is 14.8 Å². The Balaban J connectivity index is 1.31. The fourth-order valence-electron chi connectivity index (χ4n) is 2.82. The molecular formula is C14H18N6OS. The smallest absolute Gasteiger partial charge is 0.323 e. The van der Waals surface area contributed by atoms with Crippen molar-refractivity contribution < 1.29 is 4.79 Å². The number of piperidine rings is 1. The number of aromatic nitrogens is 4. The maximum absolute atomic E-state index is 12.3. The predicted molar refractivity (Wildman–Crippen MR) is 83.0 cm³/mol. The van der Waals surface area contributed by atoms with Crippen molar-refractivity contribution in [1.29, 1.82) is 0 Å². The van der Waals surface area contributed by atoms with Gasteiger partial charge in [0, 0.05) is 48.9 Å². The van der Waals surface area contributed by atoms with E-state index in [1.165, 1.54) is 24.4 Å². The minimum absolute atomic E-state index is 0.0728. The Hall–Kier alpha value is -1.96. The number of H-pyrrole nitrogens is 1. The van der Waals surface area contributed by atoms with Crippen LogP contribution in [0.25, 0.3) is 0 Å². The van der Waals surface area contributed by atoms with E-state index in [1.807, 2.05) is 11.1 Å². The van der Waals surface area contributed by atoms with Gasteiger partial charge < -0.3 is 9.88 Å². The average molecular weight is 318 g/mol. The summed E-state index contributed by atoms with van der Waals surface area (Å²) in [7, 11) is 0. The summed E-state index contributed by atoms with van der Waals surface area (Å²) < 4.78 is 4.31. The molecule has 2 N–H and O–H groups in total. The number of hydrogen-bond acceptors (Lipinski definition) is 5. The van der Waals surface area contributed by atoms with Crippen LogP contribution >= 0.6 is 11.5 Å². The van der Waals surface area contributed by atoms with Gasteiger partial charge in [-0.15, -0.1) is 0 Å². The van der Waals surface area contributed by atoms with Crippen LogP contribution in [0.1, 0.15) is 49.2 Å². The van der Waals surface area contributed by atoms with E-state index in [4.69, 9.17) is 0 Å². The highest BCUT2D eigenvalue weighted by Crippen LogP contribution is 2.39. The molecule has 1 saturated heterocycles. The number of rotatable bonds is 3. The lowest BCUT2D eigenvalue weighted by Crippen LogP contribution is -2.40. The minimum Gasteiger partial charge on any atom is -0.348 e. The third kappa shape index (κ3) is 2.83. The number of aromatic amines is 1. The van der Waals surface area contributed by atoms with Crippen LogP contribution in [-0.4, -0.2) is 43.3 Å². The average Bonchev–Trinajstić information content (AvgIpc) is 3.06. The zero-order valence-corrected chi connectivity index (χ0v) is 13.0. The fourth-order valence-corrected chi connectivity index (χ4v) is 3.46. The van der Waals surface area contributed by atoms with Crippen molar-refractivity contribution >= 4 is 22.7 Å². The monoisotopic (exact) mass is 318 g/mol. The maximum Gasteiger partial charge on any atom is 0.323 e. The summed E-state index contributed by atoms with van der Waals surface area (Å²) in [5.74, 6) is 2.85. The van der Waals surface area contributed by atoms with Gasteiger partial charge in [0.05, 0.1) is 0 Å². The van der Waals surface area contributed by atoms with E-state index < -0.39 is 0 Å². The van der Waals surface area contributed by atoms with E-state index in [-0.39, 0.29) is 6.03 Å². The zero-order valence-electron chi connectivity index (χ0n) is 12.2. The first-order chi connectivity index (χ1) is 10.8. The highest BCUT2D eigenvalue weighted by Gasteiger charge is 2.29. The summed E-state index contributed by atoms with van der Waals surface area (Å²) in [6.07, 6.45) is 7.84. The third-order valence-corrected chi connectivity index (χ3v) is 4.93. The van der Waals surface area contributed by atoms with Crippen LogP contribution in [0, 0.1) is 0 Å². The van der Waals surface area contributed by atoms with Crippen molar-refractivity contribution in [3.63, 3.8) is 0 Å². The Bertz CT molecular complexity index is 642. The maximum atomic E-state index is 12.3. The Kier molecular flexibility index (Phi) is 3.53. The Morgan fingerprint density at radius 2 is 2.09 bits per heavy atom. The van der Waals surface area contributed by atoms with E-state index in [1.54, 1.807) is 6.20 Å². The number of amides is 2. The fraction of sp³-hybridized carbons (Fsp3) is 0.571. The van der Waals surface area contributed by atoms with Crippen LogP contribution in [0.4, 0.5) is 9.93 Å². The lowest BCUT2D eigenvalue weighted by molar-refractivity contribution is 0.193. The second-order valence-electron chi connectivity index (χ2n) is 5.90. The van der Waals surface area contributed by atoms with Crippen molar-refractivity contribution in [3.8, 4) is 0 Å². The zero-order chi connectivity index (χ0) is 14.9. The number of carbonyl (C=O) groups excluding carboxylic acids is 1. The lowest BCUT2D eigenvalue weighted by Gasteiger charge is -2.30. The summed E-state index contributed by atoms with van der Waals surface area (Å²) in [4.78, 5) is 26.0. The molecule has 2 aromatic heterocycles. The molecule has 0 unspecified atom stereocenters. The third-order valence-electron chi connectivity index (χ3n) is 4.29. The number of carbonyl (C=O) groups is 1. The quantitative estimate of drug-likeness (QED) is 0.910. The van der Waals surface area contributed by atoms with Crippen LogP contribution < -0.4 is 5.32 Å². The highest BCUT2D eigenvalue weighted by atomic mass is 32.1. The Morgan fingerprint density at radius 1 is 1.27 bits per heavy atom. The van der Waals surface area contributed by atoms with Crippen LogP contribution in [0.5, 0.6) is 0 Å². The van der Waals surface area contributed by atoms with E-state index in [9.17, 15) is 4.79 Å². The van der Waals surface area contributed by atoms with Crippen molar-refractivity contribution in [2.75, 3.05) is 18.4 Å². The van der Waals surface area contributed by atoms with Crippen molar-refractivity contribution in [3.05, 3.63) is 24.0 Å². The predicted octanol–water partition coefficient (Wildman–Crippen LogP) is 2.55. The molecule has 0 spiro atoms. The molecule has 2 amide bonds. The number of nitrogens with one attached hydrogen (secondary N) is 2. The standard InChI is InChI=1S/C14H18N6OS/c21-14(18-13-17-12(19-22-13)9-1-2-9)20-7-3-10(4-8-20)11-15-5-6-16-11/h5-6,9-10H,1-4,7-8H2,(H,15,16)(H,17,18,19,21). The van der Waals surface area contributed by atoms with Crippen LogP contribution in [0.15, 0.2) is 12.4 Å². The molecule has 22 heavy (non-hydrogen) atoms. The molecule has 8 heteroatoms. The molecule has 116 valence electrons. The first-order valence-corrected chi connectivity index (χ1v) is 8.46. The first-order valence-electron chi connectivity index (χ1n) is 7.68. The molecule has 4 rings (SSSR count). The number of urea groups is 1. The van der Waals surface area contributed by atoms with E-state index in [0.717, 1.165) is 37.6 Å². The van der Waals surface area contributed by atoms with Gasteiger partial charge in [0.2, 0.25) is 5.13 Å². The van der Waals surface area contributed by atoms with E-state index >= 15 is 0 Å². The molecule has 7 nitrogen and oxygen atoms in total. The summed E-state index contributed by atoms with van der Waals surface area (Å²) >= 11 is 1.27. The molecule has 1 aliphatic carbocycles. The van der Waals surface area contributed by atoms with E-state index in [2.05, 4.69) is 24.6 Å². The normalized spacial score (nSPS) is 19.4. The van der Waals surface area contributed by atoms with Crippen LogP contribution in [0.3, 0.4) is 0 Å². The number of hydrogen-bond donors (Lipinski definition) is 2. The number of imidazole rings is 1. The highest BCUT2D eigenvalue weighted by molar-refractivity contribution is 7.09. The summed E-state index contributed by atoms with van der Waals surface area (Å²) in [5.41, 5.74) is 0. The van der Waals surface area contributed by atoms with Gasteiger partial charge in [-0.3, -0.25) is 5.32 Å². The van der Waals surface area contributed by atoms with E-state index in [0.29, 0.717) is 17.0 Å². The van der Waals surface area contributed by atoms with Gasteiger partial charge in [-0.2, -0.15) is 4.37 Å². The van der Waals surface area contributed by atoms with Crippen molar-refractivity contribution in [2.24, 2.45) is 0 Å². The molecule has 1 saturated carbocycles. The molecule has 0 atom stereocenters. The lowest BCUT2D eigenvalue weighted by atomic mass is 9.96. The van der Waals surface area contributed by atoms with Crippen molar-refractivity contribution in [2.45, 2.75) is 37.5 Å². The topological polar surface area (TPSA) is 86.8 Å². The summed E-state index contributed by atoms with van der Waals surface area (Å²) in [6.45, 7) is 1.48. The van der Waals surface area contributed by atoms with Gasteiger partial charge in [0.15, 0.2) is 0 Å². The number of nitrogens with zero attached hydrogens (tertiary/aromatic N) is 4. The largest absolute Gasteiger partial charge is 0.348 e. The van der Waals surface area contributed by atoms with Crippen LogP contribution in [-0.2, 0) is 0 Å². The molecule has 0 bridgehead atoms. The Morgan fingerprint density at radius 3 is 2.77 bits per heavy atom. The van der Waals surface area contributed by atoms with Gasteiger partial charge >= 0.3 is 6.03 Å². The van der Waals surface area contributed by atoms with Gasteiger partial charge in [-0.1, -0.05) is 0 Å². The Labute approximate surface area is 132 Å². The second kappa shape index (κ2) is 5.68. The molecule has 0 radical (unpaired) electrons. The molecular weight excluding hydrogens is 300 g/mol. The second-order valence-corrected chi connectivity index (χ2v) is 6.65. The van der Waals surface area contributed by atoms with Gasteiger partial charge in [0.1, 0.15) is 11.6 Å². The molecule has 2 fully saturated rings. The summed E-state index contributed by atoms with van der Waals surface area (Å²) in [5, 5.41) is 3.48. The molecule has 2 aliphatic rings. The number of likely N-dealkylation sites (tertiary alicyclic amines) is 1. The molecule has 2 aromatic rings. The molecule has 3 heterocycles. The first kappa shape index (κ1) is 13.7. The summed E-state index contributed by atoms with van der Waals surface area (Å²) in [6, 6.07) is -0.0728. The van der Waals surface area contributed by atoms with Crippen LogP contribution in [0.2, 0.25) is 0 Å². The molecule has 1 aliphatic heterocycles. The minimum atomic E-state index is -0.0728. The SMILES string of the molecule is O=C(Nc1nc(C2CC2)ns1)N1CCC(c2ncc[nH]2)CC1.